The first kappa shape index (κ1) is 44.6. The molecule has 4 aliphatic heterocycles. The molecule has 0 amide bonds. The van der Waals surface area contributed by atoms with Crippen molar-refractivity contribution in [2.24, 2.45) is 16.8 Å². The van der Waals surface area contributed by atoms with Crippen LogP contribution >= 0.6 is 0 Å². The van der Waals surface area contributed by atoms with Crippen LogP contribution in [0.1, 0.15) is 29.5 Å². The summed E-state index contributed by atoms with van der Waals surface area (Å²) >= 11 is 0. The number of carbonyl (C=O) groups is 2. The number of ether oxygens (including phenoxy) is 3. The lowest BCUT2D eigenvalue weighted by molar-refractivity contribution is -0.372. The summed E-state index contributed by atoms with van der Waals surface area (Å²) in [4.78, 5) is 50.9. The fourth-order valence-corrected chi connectivity index (χ4v) is 8.71. The standard InChI is InChI=1S/C45H47N3O16/c1-22-14-23(2)16-26(15-22)35-34-25(11-13-46-34)18-48(35)64-39-37(53)38(54)40(44(58,21-50)63-42(57)33(41(55)56)45(59)27(19-49)4-3-12-47-45)62-43(39)61-29-9-10-30-32(17-29)60-20-31(36(30)52)24-5-7-28(51)8-6-24/h5-11,13-17,20,27,33,37-40,43,47,49-51,53-54,58-59H,3-4,12,18-19,21H2,1-2H3,(H,55,56). The number of fused-ring (bicyclic) bond motifs is 2. The number of allylic oxidation sites excluding steroid dienone is 1. The van der Waals surface area contributed by atoms with E-state index < -0.39 is 84.6 Å². The molecular weight excluding hydrogens is 839 g/mol. The molecular formula is C45H47N3O16. The Bertz CT molecular complexity index is 2590. The molecule has 19 heteroatoms. The molecule has 2 saturated heterocycles. The van der Waals surface area contributed by atoms with Gasteiger partial charge >= 0.3 is 11.9 Å². The highest BCUT2D eigenvalue weighted by atomic mass is 16.8. The van der Waals surface area contributed by atoms with Gasteiger partial charge in [-0.25, -0.2) is 5.06 Å². The summed E-state index contributed by atoms with van der Waals surface area (Å²) in [5.74, 6) is -10.7. The summed E-state index contributed by atoms with van der Waals surface area (Å²) in [6, 6.07) is 15.8. The number of carboxylic acids is 1. The number of esters is 1. The minimum Gasteiger partial charge on any atom is -0.508 e. The number of carboxylic acid groups (broad SMARTS) is 1. The molecule has 9 atom stereocenters. The summed E-state index contributed by atoms with van der Waals surface area (Å²) in [5, 5.41) is 91.4. The number of hydrogen-bond acceptors (Lipinski definition) is 18. The molecule has 5 heterocycles. The summed E-state index contributed by atoms with van der Waals surface area (Å²) < 4.78 is 23.4. The number of carbonyl (C=O) groups excluding carboxylic acids is 1. The molecule has 338 valence electrons. The van der Waals surface area contributed by atoms with Gasteiger partial charge in [0.2, 0.25) is 6.29 Å². The summed E-state index contributed by atoms with van der Waals surface area (Å²) in [6.07, 6.45) is -4.95. The molecule has 0 aliphatic carbocycles. The number of aryl methyl sites for hydroxylation is 2. The molecule has 1 aromatic heterocycles. The lowest BCUT2D eigenvalue weighted by Crippen LogP contribution is -2.69. The Morgan fingerprint density at radius 1 is 1.03 bits per heavy atom. The van der Waals surface area contributed by atoms with Crippen molar-refractivity contribution in [3.8, 4) is 22.6 Å². The number of aliphatic carboxylic acids is 1. The van der Waals surface area contributed by atoms with Crippen molar-refractivity contribution in [2.75, 3.05) is 26.3 Å². The van der Waals surface area contributed by atoms with Crippen LogP contribution in [0.25, 0.3) is 27.8 Å². The maximum Gasteiger partial charge on any atom is 0.327 e. The van der Waals surface area contributed by atoms with Crippen LogP contribution in [-0.4, -0.2) is 133 Å². The van der Waals surface area contributed by atoms with E-state index in [2.05, 4.69) is 10.3 Å². The van der Waals surface area contributed by atoms with Crippen molar-refractivity contribution in [2.45, 2.75) is 68.9 Å². The fraction of sp³-hybridized carbons (Fsp3) is 0.378. The molecule has 0 spiro atoms. The Morgan fingerprint density at radius 3 is 2.45 bits per heavy atom. The predicted molar refractivity (Wildman–Crippen MR) is 224 cm³/mol. The summed E-state index contributed by atoms with van der Waals surface area (Å²) in [5.41, 5.74) is 2.18. The third kappa shape index (κ3) is 8.17. The number of rotatable bonds is 13. The van der Waals surface area contributed by atoms with E-state index in [0.29, 0.717) is 28.9 Å². The molecule has 4 aromatic rings. The van der Waals surface area contributed by atoms with Crippen LogP contribution in [0, 0.1) is 25.7 Å². The smallest absolute Gasteiger partial charge is 0.327 e. The van der Waals surface area contributed by atoms with Crippen LogP contribution in [-0.2, 0) is 23.9 Å². The van der Waals surface area contributed by atoms with Gasteiger partial charge in [0.15, 0.2) is 23.6 Å². The van der Waals surface area contributed by atoms with Crippen LogP contribution in [0.2, 0.25) is 0 Å². The molecule has 0 bridgehead atoms. The Kier molecular flexibility index (Phi) is 12.2. The van der Waals surface area contributed by atoms with E-state index >= 15 is 0 Å². The van der Waals surface area contributed by atoms with E-state index in [9.17, 15) is 55.2 Å². The lowest BCUT2D eigenvalue weighted by atomic mass is 9.79. The number of benzene rings is 3. The average molecular weight is 886 g/mol. The maximum absolute atomic E-state index is 13.7. The average Bonchev–Trinajstić information content (AvgIpc) is 3.85. The lowest BCUT2D eigenvalue weighted by Gasteiger charge is -2.47. The quantitative estimate of drug-likeness (QED) is 0.0518. The highest BCUT2D eigenvalue weighted by Crippen LogP contribution is 2.42. The first-order chi connectivity index (χ1) is 30.5. The van der Waals surface area contributed by atoms with Crippen LogP contribution < -0.4 is 15.5 Å². The van der Waals surface area contributed by atoms with E-state index in [4.69, 9.17) is 23.5 Å². The van der Waals surface area contributed by atoms with Crippen molar-refractivity contribution < 1.29 is 73.9 Å². The number of piperidine rings is 1. The van der Waals surface area contributed by atoms with Crippen LogP contribution in [0.3, 0.4) is 0 Å². The molecule has 8 rings (SSSR count). The minimum atomic E-state index is -3.31. The first-order valence-corrected chi connectivity index (χ1v) is 20.5. The number of aliphatic hydroxyl groups is 6. The van der Waals surface area contributed by atoms with Gasteiger partial charge in [-0.15, -0.1) is 0 Å². The van der Waals surface area contributed by atoms with Crippen LogP contribution in [0.5, 0.6) is 11.5 Å². The highest BCUT2D eigenvalue weighted by molar-refractivity contribution is 5.95. The SMILES string of the molecule is Cc1cc(C)cc(C2=C3N=CC=C3CN2OC2C(Oc3ccc4c(=O)c(-c5ccc(O)cc5)coc4c3)OC(C(O)(CO)OC(=O)C(C(=O)O)C3(O)NCCCC3CO)C(O)C2O)c1. The van der Waals surface area contributed by atoms with E-state index in [0.717, 1.165) is 16.7 Å². The Hall–Kier alpha value is -6.00. The number of nitrogens with zero attached hydrogens (tertiary/aromatic N) is 2. The van der Waals surface area contributed by atoms with Gasteiger partial charge in [0.05, 0.1) is 35.5 Å². The summed E-state index contributed by atoms with van der Waals surface area (Å²) in [6.45, 7) is 1.76. The number of aliphatic imine (C=N–C) groups is 1. The normalized spacial score (nSPS) is 26.9. The van der Waals surface area contributed by atoms with Crippen molar-refractivity contribution in [1.29, 1.82) is 0 Å². The maximum atomic E-state index is 13.7. The van der Waals surface area contributed by atoms with Gasteiger partial charge in [-0.2, -0.15) is 0 Å². The van der Waals surface area contributed by atoms with E-state index in [-0.39, 0.29) is 47.5 Å². The zero-order valence-electron chi connectivity index (χ0n) is 34.5. The number of nitrogens with one attached hydrogen (secondary N) is 1. The van der Waals surface area contributed by atoms with Gasteiger partial charge in [0.25, 0.3) is 5.79 Å². The molecule has 9 unspecified atom stereocenters. The second-order valence-corrected chi connectivity index (χ2v) is 16.3. The van der Waals surface area contributed by atoms with E-state index in [1.807, 2.05) is 32.0 Å². The summed E-state index contributed by atoms with van der Waals surface area (Å²) in [7, 11) is 0. The largest absolute Gasteiger partial charge is 0.508 e. The molecule has 0 saturated carbocycles. The molecule has 9 N–H and O–H groups in total. The zero-order valence-corrected chi connectivity index (χ0v) is 34.5. The zero-order chi connectivity index (χ0) is 45.7. The van der Waals surface area contributed by atoms with Crippen molar-refractivity contribution in [3.63, 3.8) is 0 Å². The number of hydrogen-bond donors (Lipinski definition) is 9. The van der Waals surface area contributed by atoms with Crippen LogP contribution in [0.15, 0.2) is 98.5 Å². The van der Waals surface area contributed by atoms with Gasteiger partial charge in [-0.05, 0) is 81.3 Å². The van der Waals surface area contributed by atoms with Gasteiger partial charge < -0.3 is 59.5 Å². The third-order valence-corrected chi connectivity index (χ3v) is 11.9. The first-order valence-electron chi connectivity index (χ1n) is 20.5. The van der Waals surface area contributed by atoms with Gasteiger partial charge in [-0.3, -0.25) is 29.5 Å². The van der Waals surface area contributed by atoms with Crippen molar-refractivity contribution in [3.05, 3.63) is 111 Å². The fourth-order valence-electron chi connectivity index (χ4n) is 8.71. The van der Waals surface area contributed by atoms with Gasteiger partial charge in [-0.1, -0.05) is 29.3 Å². The number of phenols is 1. The Balaban J connectivity index is 1.15. The predicted octanol–water partition coefficient (Wildman–Crippen LogP) is 1.21. The second kappa shape index (κ2) is 17.5. The number of phenolic OH excluding ortho intramolecular Hbond substituents is 1. The van der Waals surface area contributed by atoms with Crippen molar-refractivity contribution >= 4 is 34.8 Å². The van der Waals surface area contributed by atoms with Gasteiger partial charge in [0.1, 0.15) is 47.9 Å². The number of aromatic hydroxyl groups is 1. The minimum absolute atomic E-state index is 0.00523. The Labute approximate surface area is 364 Å². The monoisotopic (exact) mass is 885 g/mol. The molecule has 64 heavy (non-hydrogen) atoms. The molecule has 2 fully saturated rings. The third-order valence-electron chi connectivity index (χ3n) is 11.9. The topological polar surface area (TPSA) is 291 Å². The highest BCUT2D eigenvalue weighted by Gasteiger charge is 2.60. The molecule has 3 aromatic carbocycles. The van der Waals surface area contributed by atoms with E-state index in [1.54, 1.807) is 24.4 Å². The molecule has 19 nitrogen and oxygen atoms in total. The van der Waals surface area contributed by atoms with E-state index in [1.165, 1.54) is 41.7 Å². The number of aliphatic hydroxyl groups excluding tert-OH is 4. The van der Waals surface area contributed by atoms with Crippen LogP contribution in [0.4, 0.5) is 0 Å². The van der Waals surface area contributed by atoms with Gasteiger partial charge in [0, 0.05) is 29.3 Å². The molecule has 4 aliphatic rings. The number of hydroxylamine groups is 2. The Morgan fingerprint density at radius 2 is 1.77 bits per heavy atom. The molecule has 0 radical (unpaired) electrons. The van der Waals surface area contributed by atoms with Crippen molar-refractivity contribution in [1.82, 2.24) is 10.4 Å². The second-order valence-electron chi connectivity index (χ2n) is 16.3.